The maximum absolute atomic E-state index is 10.6. The van der Waals surface area contributed by atoms with Gasteiger partial charge in [0, 0.05) is 5.92 Å². The first kappa shape index (κ1) is 13.0. The smallest absolute Gasteiger partial charge is 0.184 e. The number of aliphatic hydroxyl groups excluding tert-OH is 4. The second kappa shape index (κ2) is 4.24. The zero-order valence-electron chi connectivity index (χ0n) is 10.00. The van der Waals surface area contributed by atoms with Gasteiger partial charge in [0.1, 0.15) is 23.9 Å². The van der Waals surface area contributed by atoms with Crippen molar-refractivity contribution in [3.63, 3.8) is 0 Å². The Kier molecular flexibility index (Phi) is 2.90. The van der Waals surface area contributed by atoms with Crippen molar-refractivity contribution in [1.82, 2.24) is 0 Å². The van der Waals surface area contributed by atoms with Gasteiger partial charge in [-0.1, -0.05) is 30.3 Å². The van der Waals surface area contributed by atoms with E-state index < -0.39 is 42.2 Å². The predicted octanol–water partition coefficient (Wildman–Crippen LogP) is -1.69. The molecular weight excluding hydrogens is 252 g/mol. The minimum absolute atomic E-state index is 0.639. The number of ether oxygens (including phenoxy) is 1. The summed E-state index contributed by atoms with van der Waals surface area (Å²) in [6.45, 7) is 0. The van der Waals surface area contributed by atoms with Crippen molar-refractivity contribution in [2.75, 3.05) is 0 Å². The Bertz CT molecular complexity index is 461. The highest BCUT2D eigenvalue weighted by Crippen LogP contribution is 2.53. The van der Waals surface area contributed by atoms with E-state index in [1.165, 1.54) is 0 Å². The van der Waals surface area contributed by atoms with Crippen LogP contribution in [0.25, 0.3) is 0 Å². The molecule has 3 rings (SSSR count). The molecule has 2 unspecified atom stereocenters. The largest absolute Gasteiger partial charge is 0.390 e. The van der Waals surface area contributed by atoms with Gasteiger partial charge in [0.05, 0.1) is 6.10 Å². The van der Waals surface area contributed by atoms with Crippen LogP contribution >= 0.6 is 0 Å². The lowest BCUT2D eigenvalue weighted by molar-refractivity contribution is -0.380. The van der Waals surface area contributed by atoms with Gasteiger partial charge >= 0.3 is 0 Å². The Labute approximate surface area is 109 Å². The Hall–Kier alpha value is -1.02. The first-order chi connectivity index (χ1) is 8.98. The normalized spacial score (nSPS) is 49.3. The topological polar surface area (TPSA) is 110 Å². The van der Waals surface area contributed by atoms with Crippen LogP contribution in [0, 0.1) is 0 Å². The molecule has 7 atom stereocenters. The van der Waals surface area contributed by atoms with Crippen molar-refractivity contribution in [3.05, 3.63) is 35.9 Å². The molecule has 0 aromatic heterocycles. The Morgan fingerprint density at radius 2 is 1.58 bits per heavy atom. The summed E-state index contributed by atoms with van der Waals surface area (Å²) in [5.74, 6) is -0.768. The molecule has 1 aromatic carbocycles. The van der Waals surface area contributed by atoms with Crippen LogP contribution in [0.1, 0.15) is 11.5 Å². The molecule has 1 saturated carbocycles. The van der Waals surface area contributed by atoms with E-state index in [-0.39, 0.29) is 0 Å². The lowest BCUT2D eigenvalue weighted by atomic mass is 9.57. The monoisotopic (exact) mass is 268 g/mol. The van der Waals surface area contributed by atoms with Crippen LogP contribution in [-0.2, 0) is 4.74 Å². The quantitative estimate of drug-likeness (QED) is 0.416. The molecule has 5 N–H and O–H groups in total. The van der Waals surface area contributed by atoms with Crippen molar-refractivity contribution in [3.8, 4) is 0 Å². The van der Waals surface area contributed by atoms with Crippen LogP contribution < -0.4 is 0 Å². The second-order valence-electron chi connectivity index (χ2n) is 5.15. The van der Waals surface area contributed by atoms with Crippen LogP contribution in [0.2, 0.25) is 0 Å². The zero-order chi connectivity index (χ0) is 13.8. The Balaban J connectivity index is 1.97. The lowest BCUT2D eigenvalue weighted by Crippen LogP contribution is -2.80. The van der Waals surface area contributed by atoms with E-state index in [1.807, 2.05) is 0 Å². The van der Waals surface area contributed by atoms with E-state index in [1.54, 1.807) is 30.3 Å². The molecule has 0 spiro atoms. The number of benzene rings is 1. The van der Waals surface area contributed by atoms with Crippen molar-refractivity contribution in [1.29, 1.82) is 0 Å². The van der Waals surface area contributed by atoms with Gasteiger partial charge in [-0.15, -0.1) is 0 Å². The van der Waals surface area contributed by atoms with Crippen molar-refractivity contribution in [2.45, 2.75) is 42.2 Å². The molecule has 0 bridgehead atoms. The molecule has 0 radical (unpaired) electrons. The average molecular weight is 268 g/mol. The van der Waals surface area contributed by atoms with E-state index in [2.05, 4.69) is 0 Å². The third kappa shape index (κ3) is 1.59. The van der Waals surface area contributed by atoms with Crippen LogP contribution in [0.3, 0.4) is 0 Å². The first-order valence-corrected chi connectivity index (χ1v) is 6.13. The average Bonchev–Trinajstić information content (AvgIpc) is 2.42. The summed E-state index contributed by atoms with van der Waals surface area (Å²) in [6, 6.07) is 8.72. The van der Waals surface area contributed by atoms with E-state index in [0.717, 1.165) is 0 Å². The maximum Gasteiger partial charge on any atom is 0.184 e. The number of rotatable bonds is 1. The maximum atomic E-state index is 10.6. The molecule has 104 valence electrons. The number of hydrogen-bond acceptors (Lipinski definition) is 6. The third-order valence-electron chi connectivity index (χ3n) is 4.14. The van der Waals surface area contributed by atoms with Crippen molar-refractivity contribution in [2.24, 2.45) is 0 Å². The van der Waals surface area contributed by atoms with Crippen LogP contribution in [0.5, 0.6) is 0 Å². The van der Waals surface area contributed by atoms with Gasteiger partial charge in [-0.2, -0.15) is 0 Å². The fourth-order valence-electron chi connectivity index (χ4n) is 3.11. The molecule has 19 heavy (non-hydrogen) atoms. The highest BCUT2D eigenvalue weighted by molar-refractivity contribution is 5.35. The molecular formula is C13H16O6. The minimum Gasteiger partial charge on any atom is -0.390 e. The summed E-state index contributed by atoms with van der Waals surface area (Å²) in [5, 5.41) is 49.6. The van der Waals surface area contributed by atoms with Gasteiger partial charge in [-0.25, -0.2) is 0 Å². The second-order valence-corrected chi connectivity index (χ2v) is 5.15. The van der Waals surface area contributed by atoms with Crippen molar-refractivity contribution < 1.29 is 30.3 Å². The van der Waals surface area contributed by atoms with Gasteiger partial charge < -0.3 is 30.3 Å². The first-order valence-electron chi connectivity index (χ1n) is 6.13. The highest BCUT2D eigenvalue weighted by Gasteiger charge is 2.70. The molecule has 6 nitrogen and oxygen atoms in total. The standard InChI is InChI=1S/C13H16O6/c14-8-7(6-4-2-1-3-5-6)13(18)10(16)9(15)12(17)19-11(8)13/h1-5,7-12,14-18H/t7?,8?,9-,10-,11-,12-,13-/m1/s1. The molecule has 2 aliphatic rings. The molecule has 0 amide bonds. The van der Waals surface area contributed by atoms with E-state index in [0.29, 0.717) is 5.56 Å². The summed E-state index contributed by atoms with van der Waals surface area (Å²) in [6.07, 6.45) is -6.99. The Morgan fingerprint density at radius 1 is 0.947 bits per heavy atom. The van der Waals surface area contributed by atoms with Gasteiger partial charge in [0.25, 0.3) is 0 Å². The fraction of sp³-hybridized carbons (Fsp3) is 0.538. The third-order valence-corrected chi connectivity index (χ3v) is 4.14. The van der Waals surface area contributed by atoms with Gasteiger partial charge in [0.15, 0.2) is 6.29 Å². The molecule has 1 aliphatic carbocycles. The number of hydrogen-bond donors (Lipinski definition) is 5. The molecule has 6 heteroatoms. The van der Waals surface area contributed by atoms with E-state index in [9.17, 15) is 25.5 Å². The summed E-state index contributed by atoms with van der Waals surface area (Å²) in [5.41, 5.74) is -1.17. The zero-order valence-corrected chi connectivity index (χ0v) is 10.00. The van der Waals surface area contributed by atoms with Gasteiger partial charge in [-0.05, 0) is 5.56 Å². The minimum atomic E-state index is -1.81. The van der Waals surface area contributed by atoms with Crippen LogP contribution in [0.15, 0.2) is 30.3 Å². The van der Waals surface area contributed by atoms with E-state index >= 15 is 0 Å². The highest BCUT2D eigenvalue weighted by atomic mass is 16.6. The van der Waals surface area contributed by atoms with Crippen LogP contribution in [-0.4, -0.2) is 61.8 Å². The lowest BCUT2D eigenvalue weighted by Gasteiger charge is -2.61. The number of fused-ring (bicyclic) bond motifs is 1. The van der Waals surface area contributed by atoms with E-state index in [4.69, 9.17) is 4.74 Å². The molecule has 1 saturated heterocycles. The molecule has 1 aliphatic heterocycles. The van der Waals surface area contributed by atoms with Gasteiger partial charge in [0.2, 0.25) is 0 Å². The summed E-state index contributed by atoms with van der Waals surface area (Å²) in [4.78, 5) is 0. The van der Waals surface area contributed by atoms with Crippen LogP contribution in [0.4, 0.5) is 0 Å². The summed E-state index contributed by atoms with van der Waals surface area (Å²) < 4.78 is 4.98. The van der Waals surface area contributed by atoms with Crippen molar-refractivity contribution >= 4 is 0 Å². The number of aliphatic hydroxyl groups is 5. The fourth-order valence-corrected chi connectivity index (χ4v) is 3.11. The molecule has 1 heterocycles. The Morgan fingerprint density at radius 3 is 2.21 bits per heavy atom. The summed E-state index contributed by atoms with van der Waals surface area (Å²) >= 11 is 0. The predicted molar refractivity (Wildman–Crippen MR) is 63.0 cm³/mol. The van der Waals surface area contributed by atoms with Gasteiger partial charge in [-0.3, -0.25) is 0 Å². The molecule has 2 fully saturated rings. The molecule has 1 aromatic rings. The SMILES string of the molecule is OC1C(c2ccccc2)[C@]2(O)[C@@H]1O[C@@H](O)[C@H](O)[C@H]2O. The summed E-state index contributed by atoms with van der Waals surface area (Å²) in [7, 11) is 0.